The number of carbonyl (C=O) groups is 1. The molecule has 114 valence electrons. The lowest BCUT2D eigenvalue weighted by Gasteiger charge is -2.15. The van der Waals surface area contributed by atoms with Gasteiger partial charge in [-0.1, -0.05) is 29.8 Å². The third kappa shape index (κ3) is 3.65. The first-order valence-electron chi connectivity index (χ1n) is 6.89. The Hall–Kier alpha value is -2.33. The van der Waals surface area contributed by atoms with E-state index in [-0.39, 0.29) is 5.91 Å². The Balaban J connectivity index is 2.29. The lowest BCUT2D eigenvalue weighted by molar-refractivity contribution is 0.0799. The van der Waals surface area contributed by atoms with Crippen LogP contribution in [-0.2, 0) is 0 Å². The van der Waals surface area contributed by atoms with Gasteiger partial charge in [0, 0.05) is 35.9 Å². The van der Waals surface area contributed by atoms with Crippen molar-refractivity contribution in [3.63, 3.8) is 0 Å². The summed E-state index contributed by atoms with van der Waals surface area (Å²) in [5.41, 5.74) is 3.08. The average Bonchev–Trinajstić information content (AvgIpc) is 2.54. The van der Waals surface area contributed by atoms with Gasteiger partial charge in [0.25, 0.3) is 5.91 Å². The fourth-order valence-electron chi connectivity index (χ4n) is 2.13. The second kappa shape index (κ2) is 7.09. The van der Waals surface area contributed by atoms with Crippen LogP contribution in [0.4, 0.5) is 5.69 Å². The van der Waals surface area contributed by atoms with Crippen molar-refractivity contribution in [3.8, 4) is 0 Å². The summed E-state index contributed by atoms with van der Waals surface area (Å²) in [7, 11) is 3.47. The minimum absolute atomic E-state index is 0.159. The second-order valence-electron chi connectivity index (χ2n) is 4.82. The summed E-state index contributed by atoms with van der Waals surface area (Å²) in [6.45, 7) is 1.85. The molecular formula is C17H18ClN3O. The Morgan fingerprint density at radius 3 is 2.50 bits per heavy atom. The molecule has 0 radical (unpaired) electrons. The molecule has 2 rings (SSSR count). The first-order chi connectivity index (χ1) is 10.5. The monoisotopic (exact) mass is 315 g/mol. The molecule has 2 aromatic carbocycles. The molecule has 0 saturated heterocycles. The van der Waals surface area contributed by atoms with Crippen molar-refractivity contribution >= 4 is 28.9 Å². The van der Waals surface area contributed by atoms with E-state index >= 15 is 0 Å². The van der Waals surface area contributed by atoms with E-state index in [9.17, 15) is 4.79 Å². The fourth-order valence-corrected chi connectivity index (χ4v) is 2.30. The number of nitrogens with zero attached hydrogens (tertiary/aromatic N) is 2. The van der Waals surface area contributed by atoms with Crippen LogP contribution in [0.3, 0.4) is 0 Å². The van der Waals surface area contributed by atoms with Gasteiger partial charge >= 0.3 is 0 Å². The lowest BCUT2D eigenvalue weighted by Crippen LogP contribution is -2.22. The number of halogens is 1. The molecule has 0 saturated carbocycles. The van der Waals surface area contributed by atoms with Gasteiger partial charge < -0.3 is 5.32 Å². The zero-order valence-corrected chi connectivity index (χ0v) is 13.6. The molecule has 22 heavy (non-hydrogen) atoms. The van der Waals surface area contributed by atoms with E-state index in [1.165, 1.54) is 5.01 Å². The van der Waals surface area contributed by atoms with Gasteiger partial charge in [0.15, 0.2) is 0 Å². The van der Waals surface area contributed by atoms with Crippen molar-refractivity contribution in [1.82, 2.24) is 5.01 Å². The summed E-state index contributed by atoms with van der Waals surface area (Å²) >= 11 is 6.05. The summed E-state index contributed by atoms with van der Waals surface area (Å²) in [6.07, 6.45) is 0. The first-order valence-corrected chi connectivity index (χ1v) is 7.26. The highest BCUT2D eigenvalue weighted by molar-refractivity contribution is 6.31. The number of rotatable bonds is 4. The largest absolute Gasteiger partial charge is 0.388 e. The number of nitrogens with one attached hydrogen (secondary N) is 1. The molecule has 0 unspecified atom stereocenters. The minimum Gasteiger partial charge on any atom is -0.388 e. The number of amides is 1. The van der Waals surface area contributed by atoms with E-state index in [2.05, 4.69) is 10.4 Å². The van der Waals surface area contributed by atoms with Crippen LogP contribution in [0.5, 0.6) is 0 Å². The van der Waals surface area contributed by atoms with Crippen molar-refractivity contribution in [2.24, 2.45) is 5.10 Å². The number of hydrazone groups is 1. The van der Waals surface area contributed by atoms with Gasteiger partial charge in [-0.3, -0.25) is 4.79 Å². The smallest absolute Gasteiger partial charge is 0.273 e. The van der Waals surface area contributed by atoms with Gasteiger partial charge in [-0.15, -0.1) is 0 Å². The predicted octanol–water partition coefficient (Wildman–Crippen LogP) is 3.88. The highest BCUT2D eigenvalue weighted by Crippen LogP contribution is 2.21. The SMILES string of the molecule is CNc1ccc(Cl)cc1/C(C)=N/N(C)C(=O)c1ccccc1. The highest BCUT2D eigenvalue weighted by Gasteiger charge is 2.12. The maximum Gasteiger partial charge on any atom is 0.273 e. The quantitative estimate of drug-likeness (QED) is 0.687. The van der Waals surface area contributed by atoms with E-state index in [0.29, 0.717) is 16.3 Å². The molecule has 0 fully saturated rings. The van der Waals surface area contributed by atoms with Gasteiger partial charge in [0.2, 0.25) is 0 Å². The van der Waals surface area contributed by atoms with Crippen LogP contribution in [-0.4, -0.2) is 30.7 Å². The van der Waals surface area contributed by atoms with Crippen LogP contribution in [0.25, 0.3) is 0 Å². The van der Waals surface area contributed by atoms with Crippen molar-refractivity contribution in [3.05, 3.63) is 64.7 Å². The molecule has 1 N–H and O–H groups in total. The number of benzene rings is 2. The fraction of sp³-hybridized carbons (Fsp3) is 0.176. The van der Waals surface area contributed by atoms with Crippen molar-refractivity contribution < 1.29 is 4.79 Å². The predicted molar refractivity (Wildman–Crippen MR) is 91.7 cm³/mol. The van der Waals surface area contributed by atoms with Crippen LogP contribution in [0, 0.1) is 0 Å². The number of hydrogen-bond donors (Lipinski definition) is 1. The summed E-state index contributed by atoms with van der Waals surface area (Å²) in [5, 5.41) is 9.43. The molecule has 4 nitrogen and oxygen atoms in total. The molecule has 0 aliphatic rings. The summed E-state index contributed by atoms with van der Waals surface area (Å²) in [6, 6.07) is 14.6. The van der Waals surface area contributed by atoms with E-state index in [0.717, 1.165) is 11.3 Å². The summed E-state index contributed by atoms with van der Waals surface area (Å²) in [5.74, 6) is -0.159. The highest BCUT2D eigenvalue weighted by atomic mass is 35.5. The van der Waals surface area contributed by atoms with Crippen molar-refractivity contribution in [2.45, 2.75) is 6.92 Å². The summed E-state index contributed by atoms with van der Waals surface area (Å²) < 4.78 is 0. The van der Waals surface area contributed by atoms with E-state index in [1.807, 2.05) is 50.4 Å². The van der Waals surface area contributed by atoms with E-state index in [1.54, 1.807) is 19.2 Å². The summed E-state index contributed by atoms with van der Waals surface area (Å²) in [4.78, 5) is 12.3. The van der Waals surface area contributed by atoms with Crippen LogP contribution in [0.2, 0.25) is 5.02 Å². The second-order valence-corrected chi connectivity index (χ2v) is 5.26. The maximum atomic E-state index is 12.3. The van der Waals surface area contributed by atoms with Crippen molar-refractivity contribution in [2.75, 3.05) is 19.4 Å². The molecule has 0 aliphatic heterocycles. The average molecular weight is 316 g/mol. The van der Waals surface area contributed by atoms with Crippen LogP contribution < -0.4 is 5.32 Å². The molecule has 0 atom stereocenters. The van der Waals surface area contributed by atoms with Gasteiger partial charge in [0.05, 0.1) is 5.71 Å². The van der Waals surface area contributed by atoms with Gasteiger partial charge in [-0.25, -0.2) is 5.01 Å². The molecular weight excluding hydrogens is 298 g/mol. The molecule has 0 aromatic heterocycles. The lowest BCUT2D eigenvalue weighted by atomic mass is 10.1. The Labute approximate surface area is 135 Å². The van der Waals surface area contributed by atoms with Gasteiger partial charge in [-0.05, 0) is 37.3 Å². The molecule has 0 spiro atoms. The molecule has 0 heterocycles. The molecule has 1 amide bonds. The van der Waals surface area contributed by atoms with Crippen LogP contribution >= 0.6 is 11.6 Å². The number of carbonyl (C=O) groups excluding carboxylic acids is 1. The molecule has 0 aliphatic carbocycles. The Morgan fingerprint density at radius 2 is 1.86 bits per heavy atom. The Bertz CT molecular complexity index is 698. The minimum atomic E-state index is -0.159. The molecule has 5 heteroatoms. The van der Waals surface area contributed by atoms with Gasteiger partial charge in [0.1, 0.15) is 0 Å². The normalized spacial score (nSPS) is 11.2. The third-order valence-corrected chi connectivity index (χ3v) is 3.49. The number of hydrogen-bond acceptors (Lipinski definition) is 3. The topological polar surface area (TPSA) is 44.7 Å². The maximum absolute atomic E-state index is 12.3. The molecule has 0 bridgehead atoms. The Kier molecular flexibility index (Phi) is 5.17. The van der Waals surface area contributed by atoms with E-state index < -0.39 is 0 Å². The van der Waals surface area contributed by atoms with Crippen molar-refractivity contribution in [1.29, 1.82) is 0 Å². The molecule has 2 aromatic rings. The van der Waals surface area contributed by atoms with Crippen LogP contribution in [0.1, 0.15) is 22.8 Å². The zero-order valence-electron chi connectivity index (χ0n) is 12.8. The van der Waals surface area contributed by atoms with Crippen LogP contribution in [0.15, 0.2) is 53.6 Å². The van der Waals surface area contributed by atoms with Gasteiger partial charge in [-0.2, -0.15) is 5.10 Å². The zero-order chi connectivity index (χ0) is 16.1. The first kappa shape index (κ1) is 16.0. The Morgan fingerprint density at radius 1 is 1.18 bits per heavy atom. The third-order valence-electron chi connectivity index (χ3n) is 3.26. The number of anilines is 1. The standard InChI is InChI=1S/C17H18ClN3O/c1-12(15-11-14(18)9-10-16(15)19-2)20-21(3)17(22)13-7-5-4-6-8-13/h4-11,19H,1-3H3/b20-12+. The van der Waals surface area contributed by atoms with E-state index in [4.69, 9.17) is 11.6 Å².